The molecule has 0 bridgehead atoms. The summed E-state index contributed by atoms with van der Waals surface area (Å²) in [5.74, 6) is 1.52. The molecule has 0 aromatic heterocycles. The summed E-state index contributed by atoms with van der Waals surface area (Å²) in [6.07, 6.45) is 6.56. The molecule has 0 radical (unpaired) electrons. The van der Waals surface area contributed by atoms with Crippen LogP contribution in [0.15, 0.2) is 47.3 Å². The number of aliphatic hydroxyl groups excluding tert-OH is 4. The Morgan fingerprint density at radius 3 is 0.524 bits per heavy atom. The van der Waals surface area contributed by atoms with Crippen molar-refractivity contribution in [3.63, 3.8) is 0 Å². The molecular formula is C16H32O4Ti. The Morgan fingerprint density at radius 2 is 0.524 bits per heavy atom. The SMILES string of the molecule is CC=C(C)O.CC=C(C)O.CC=C(C)O.CC=C(C)O.[Ti]. The van der Waals surface area contributed by atoms with Crippen molar-refractivity contribution < 1.29 is 42.1 Å². The van der Waals surface area contributed by atoms with Gasteiger partial charge in [0.15, 0.2) is 0 Å². The average Bonchev–Trinajstić information content (AvgIpc) is 2.40. The van der Waals surface area contributed by atoms with Crippen LogP contribution in [-0.2, 0) is 21.7 Å². The third-order valence-corrected chi connectivity index (χ3v) is 1.67. The van der Waals surface area contributed by atoms with Gasteiger partial charge in [-0.05, 0) is 55.4 Å². The molecule has 0 unspecified atom stereocenters. The van der Waals surface area contributed by atoms with Crippen LogP contribution >= 0.6 is 0 Å². The Kier molecular flexibility index (Phi) is 41.5. The maximum Gasteiger partial charge on any atom is 0.0849 e. The summed E-state index contributed by atoms with van der Waals surface area (Å²) >= 11 is 0. The number of allylic oxidation sites excluding steroid dienone is 8. The van der Waals surface area contributed by atoms with Crippen molar-refractivity contribution in [2.24, 2.45) is 0 Å². The van der Waals surface area contributed by atoms with E-state index in [1.807, 2.05) is 0 Å². The molecule has 0 spiro atoms. The van der Waals surface area contributed by atoms with E-state index in [0.29, 0.717) is 23.0 Å². The van der Waals surface area contributed by atoms with E-state index in [1.165, 1.54) is 0 Å². The van der Waals surface area contributed by atoms with Gasteiger partial charge in [-0.3, -0.25) is 0 Å². The van der Waals surface area contributed by atoms with Crippen molar-refractivity contribution in [2.45, 2.75) is 55.4 Å². The van der Waals surface area contributed by atoms with Crippen LogP contribution in [0.3, 0.4) is 0 Å². The molecule has 0 aromatic carbocycles. The van der Waals surface area contributed by atoms with Crippen molar-refractivity contribution >= 4 is 0 Å². The molecule has 21 heavy (non-hydrogen) atoms. The minimum atomic E-state index is 0. The third kappa shape index (κ3) is 114. The summed E-state index contributed by atoms with van der Waals surface area (Å²) in [6.45, 7) is 13.7. The first-order valence-corrected chi connectivity index (χ1v) is 6.36. The Labute approximate surface area is 145 Å². The second kappa shape index (κ2) is 27.3. The van der Waals surface area contributed by atoms with E-state index < -0.39 is 0 Å². The maximum absolute atomic E-state index is 8.22. The molecule has 5 heteroatoms. The van der Waals surface area contributed by atoms with Gasteiger partial charge in [-0.25, -0.2) is 0 Å². The molecule has 0 rings (SSSR count). The summed E-state index contributed by atoms with van der Waals surface area (Å²) in [7, 11) is 0. The van der Waals surface area contributed by atoms with Crippen LogP contribution in [0.2, 0.25) is 0 Å². The fraction of sp³-hybridized carbons (Fsp3) is 0.500. The van der Waals surface area contributed by atoms with E-state index in [1.54, 1.807) is 79.7 Å². The molecule has 0 heterocycles. The van der Waals surface area contributed by atoms with Gasteiger partial charge < -0.3 is 20.4 Å². The summed E-state index contributed by atoms with van der Waals surface area (Å²) < 4.78 is 0. The normalized spacial score (nSPS) is 11.4. The zero-order valence-corrected chi connectivity index (χ0v) is 16.2. The smallest absolute Gasteiger partial charge is 0.0849 e. The van der Waals surface area contributed by atoms with E-state index in [9.17, 15) is 0 Å². The number of rotatable bonds is 0. The van der Waals surface area contributed by atoms with Gasteiger partial charge in [-0.15, -0.1) is 0 Å². The number of hydrogen-bond donors (Lipinski definition) is 4. The summed E-state index contributed by atoms with van der Waals surface area (Å²) in [4.78, 5) is 0. The number of hydrogen-bond acceptors (Lipinski definition) is 4. The fourth-order valence-electron chi connectivity index (χ4n) is 0. The summed E-state index contributed by atoms with van der Waals surface area (Å²) in [6, 6.07) is 0. The average molecular weight is 336 g/mol. The Balaban J connectivity index is -0.0000000533. The van der Waals surface area contributed by atoms with Crippen molar-refractivity contribution in [2.75, 3.05) is 0 Å². The van der Waals surface area contributed by atoms with E-state index in [2.05, 4.69) is 0 Å². The molecular weight excluding hydrogens is 304 g/mol. The molecule has 0 amide bonds. The molecule has 0 aliphatic carbocycles. The van der Waals surface area contributed by atoms with Gasteiger partial charge in [0.05, 0.1) is 23.0 Å². The second-order valence-corrected chi connectivity index (χ2v) is 3.72. The van der Waals surface area contributed by atoms with Crippen LogP contribution in [-0.4, -0.2) is 20.4 Å². The first-order chi connectivity index (χ1) is 9.08. The van der Waals surface area contributed by atoms with Crippen LogP contribution in [0.25, 0.3) is 0 Å². The maximum atomic E-state index is 8.22. The molecule has 0 atom stereocenters. The van der Waals surface area contributed by atoms with E-state index >= 15 is 0 Å². The third-order valence-electron chi connectivity index (χ3n) is 1.67. The molecule has 0 saturated carbocycles. The van der Waals surface area contributed by atoms with Crippen molar-refractivity contribution in [3.05, 3.63) is 47.3 Å². The molecule has 0 aliphatic heterocycles. The molecule has 0 saturated heterocycles. The molecule has 4 N–H and O–H groups in total. The van der Waals surface area contributed by atoms with E-state index in [-0.39, 0.29) is 21.7 Å². The zero-order valence-electron chi connectivity index (χ0n) is 14.6. The largest absolute Gasteiger partial charge is 0.513 e. The van der Waals surface area contributed by atoms with E-state index in [4.69, 9.17) is 20.4 Å². The predicted octanol–water partition coefficient (Wildman–Crippen LogP) is 5.87. The van der Waals surface area contributed by atoms with Crippen LogP contribution in [0.4, 0.5) is 0 Å². The predicted molar refractivity (Wildman–Crippen MR) is 88.2 cm³/mol. The van der Waals surface area contributed by atoms with Crippen LogP contribution in [0.5, 0.6) is 0 Å². The van der Waals surface area contributed by atoms with Gasteiger partial charge in [0.2, 0.25) is 0 Å². The van der Waals surface area contributed by atoms with Crippen LogP contribution in [0.1, 0.15) is 55.4 Å². The second-order valence-electron chi connectivity index (χ2n) is 3.72. The van der Waals surface area contributed by atoms with Crippen LogP contribution in [0, 0.1) is 0 Å². The molecule has 0 aromatic rings. The number of aliphatic hydroxyl groups is 4. The zero-order chi connectivity index (χ0) is 17.1. The first kappa shape index (κ1) is 32.0. The van der Waals surface area contributed by atoms with Gasteiger partial charge in [-0.1, -0.05) is 24.3 Å². The Morgan fingerprint density at radius 1 is 0.476 bits per heavy atom. The van der Waals surface area contributed by atoms with Gasteiger partial charge in [0.1, 0.15) is 0 Å². The summed E-state index contributed by atoms with van der Waals surface area (Å²) in [5, 5.41) is 32.9. The molecule has 4 nitrogen and oxygen atoms in total. The quantitative estimate of drug-likeness (QED) is 0.329. The van der Waals surface area contributed by atoms with Gasteiger partial charge in [0.25, 0.3) is 0 Å². The van der Waals surface area contributed by atoms with Gasteiger partial charge in [0, 0.05) is 21.7 Å². The van der Waals surface area contributed by atoms with Gasteiger partial charge in [-0.2, -0.15) is 0 Å². The summed E-state index contributed by atoms with van der Waals surface area (Å²) in [5.41, 5.74) is 0. The standard InChI is InChI=1S/4C4H8O.Ti/c4*1-3-4(2)5;/h4*3,5H,1-2H3;. The first-order valence-electron chi connectivity index (χ1n) is 6.36. The minimum Gasteiger partial charge on any atom is -0.513 e. The topological polar surface area (TPSA) is 80.9 Å². The van der Waals surface area contributed by atoms with Crippen molar-refractivity contribution in [1.82, 2.24) is 0 Å². The minimum absolute atomic E-state index is 0. The molecule has 0 aliphatic rings. The van der Waals surface area contributed by atoms with Crippen LogP contribution < -0.4 is 0 Å². The Hall–Kier alpha value is -1.13. The molecule has 0 fully saturated rings. The molecule has 124 valence electrons. The fourth-order valence-corrected chi connectivity index (χ4v) is 0. The Bertz CT molecular complexity index is 236. The van der Waals surface area contributed by atoms with Crippen molar-refractivity contribution in [3.8, 4) is 0 Å². The van der Waals surface area contributed by atoms with E-state index in [0.717, 1.165) is 0 Å². The van der Waals surface area contributed by atoms with Crippen molar-refractivity contribution in [1.29, 1.82) is 0 Å². The monoisotopic (exact) mass is 336 g/mol. The van der Waals surface area contributed by atoms with Gasteiger partial charge >= 0.3 is 0 Å².